The van der Waals surface area contributed by atoms with Crippen LogP contribution in [-0.2, 0) is 14.3 Å². The summed E-state index contributed by atoms with van der Waals surface area (Å²) in [6.45, 7) is 3.97. The Balaban J connectivity index is 2.27. The van der Waals surface area contributed by atoms with Crippen LogP contribution >= 0.6 is 0 Å². The molecule has 6 heteroatoms. The maximum absolute atomic E-state index is 12.3. The molecule has 0 fully saturated rings. The Kier molecular flexibility index (Phi) is 4.18. The van der Waals surface area contributed by atoms with E-state index >= 15 is 0 Å². The summed E-state index contributed by atoms with van der Waals surface area (Å²) in [5.41, 5.74) is 0.708. The lowest BCUT2D eigenvalue weighted by atomic mass is 9.93. The molecule has 1 heterocycles. The molecule has 1 aromatic rings. The van der Waals surface area contributed by atoms with Crippen LogP contribution in [-0.4, -0.2) is 39.2 Å². The third kappa shape index (κ3) is 3.16. The van der Waals surface area contributed by atoms with Crippen molar-refractivity contribution in [2.45, 2.75) is 13.8 Å². The van der Waals surface area contributed by atoms with Crippen molar-refractivity contribution in [1.82, 2.24) is 0 Å². The zero-order valence-electron chi connectivity index (χ0n) is 12.7. The molecule has 0 saturated carbocycles. The lowest BCUT2D eigenvalue weighted by molar-refractivity contribution is -0.127. The van der Waals surface area contributed by atoms with Gasteiger partial charge in [-0.25, -0.2) is 0 Å². The summed E-state index contributed by atoms with van der Waals surface area (Å²) in [6, 6.07) is 5.21. The van der Waals surface area contributed by atoms with Gasteiger partial charge >= 0.3 is 0 Å². The van der Waals surface area contributed by atoms with E-state index in [4.69, 9.17) is 9.47 Å². The minimum atomic E-state index is -0.590. The summed E-state index contributed by atoms with van der Waals surface area (Å²) >= 11 is 0. The molecule has 0 spiro atoms. The van der Waals surface area contributed by atoms with Crippen LogP contribution in [0, 0.1) is 5.41 Å². The molecule has 1 aliphatic rings. The lowest BCUT2D eigenvalue weighted by Crippen LogP contribution is -2.39. The van der Waals surface area contributed by atoms with Crippen molar-refractivity contribution >= 4 is 23.2 Å². The second-order valence-corrected chi connectivity index (χ2v) is 5.70. The van der Waals surface area contributed by atoms with Gasteiger partial charge in [0.1, 0.15) is 19.0 Å². The highest BCUT2D eigenvalue weighted by Crippen LogP contribution is 2.37. The van der Waals surface area contributed by atoms with Crippen molar-refractivity contribution in [1.29, 1.82) is 0 Å². The standard InChI is InChI=1S/C15H20N2O4/c1-15(2)9-21-12-7-10(16-13(18)8-20-4)5-6-11(12)17(3)14(15)19/h5-7H,8-9H2,1-4H3,(H,16,18). The molecular formula is C15H20N2O4. The predicted molar refractivity (Wildman–Crippen MR) is 79.6 cm³/mol. The Morgan fingerprint density at radius 3 is 2.86 bits per heavy atom. The van der Waals surface area contributed by atoms with E-state index in [-0.39, 0.29) is 18.4 Å². The topological polar surface area (TPSA) is 67.9 Å². The molecule has 2 amide bonds. The number of anilines is 2. The van der Waals surface area contributed by atoms with Gasteiger partial charge < -0.3 is 19.7 Å². The van der Waals surface area contributed by atoms with E-state index in [2.05, 4.69) is 5.32 Å². The molecular weight excluding hydrogens is 272 g/mol. The van der Waals surface area contributed by atoms with Crippen LogP contribution in [0.15, 0.2) is 18.2 Å². The van der Waals surface area contributed by atoms with Gasteiger partial charge in [0.05, 0.1) is 11.1 Å². The minimum Gasteiger partial charge on any atom is -0.490 e. The molecule has 0 bridgehead atoms. The SMILES string of the molecule is COCC(=O)Nc1ccc2c(c1)OCC(C)(C)C(=O)N2C. The number of fused-ring (bicyclic) bond motifs is 1. The van der Waals surface area contributed by atoms with E-state index in [9.17, 15) is 9.59 Å². The number of carbonyl (C=O) groups is 2. The maximum atomic E-state index is 12.3. The van der Waals surface area contributed by atoms with Crippen molar-refractivity contribution in [3.63, 3.8) is 0 Å². The van der Waals surface area contributed by atoms with Gasteiger partial charge in [0.2, 0.25) is 11.8 Å². The molecule has 0 aliphatic carbocycles. The Bertz CT molecular complexity index is 569. The van der Waals surface area contributed by atoms with E-state index in [1.807, 2.05) is 13.8 Å². The van der Waals surface area contributed by atoms with Gasteiger partial charge in [-0.3, -0.25) is 9.59 Å². The van der Waals surface area contributed by atoms with E-state index in [1.165, 1.54) is 7.11 Å². The first kappa shape index (κ1) is 15.3. The van der Waals surface area contributed by atoms with Gasteiger partial charge in [-0.1, -0.05) is 0 Å². The fraction of sp³-hybridized carbons (Fsp3) is 0.467. The molecule has 0 radical (unpaired) electrons. The molecule has 0 unspecified atom stereocenters. The largest absolute Gasteiger partial charge is 0.490 e. The molecule has 0 atom stereocenters. The Morgan fingerprint density at radius 1 is 1.48 bits per heavy atom. The molecule has 0 aromatic heterocycles. The zero-order chi connectivity index (χ0) is 15.6. The number of hydrogen-bond donors (Lipinski definition) is 1. The highest BCUT2D eigenvalue weighted by molar-refractivity contribution is 5.99. The first-order valence-electron chi connectivity index (χ1n) is 6.69. The van der Waals surface area contributed by atoms with Crippen molar-refractivity contribution in [3.8, 4) is 5.75 Å². The Morgan fingerprint density at radius 2 is 2.19 bits per heavy atom. The van der Waals surface area contributed by atoms with Crippen LogP contribution in [0.4, 0.5) is 11.4 Å². The molecule has 1 aromatic carbocycles. The summed E-state index contributed by atoms with van der Waals surface area (Å²) in [5.74, 6) is 0.333. The van der Waals surface area contributed by atoms with Crippen molar-refractivity contribution in [2.24, 2.45) is 5.41 Å². The third-order valence-corrected chi connectivity index (χ3v) is 3.35. The van der Waals surface area contributed by atoms with Crippen LogP contribution in [0.5, 0.6) is 5.75 Å². The van der Waals surface area contributed by atoms with Crippen LogP contribution < -0.4 is 15.0 Å². The first-order chi connectivity index (χ1) is 9.85. The number of nitrogens with zero attached hydrogens (tertiary/aromatic N) is 1. The van der Waals surface area contributed by atoms with Crippen LogP contribution in [0.2, 0.25) is 0 Å². The van der Waals surface area contributed by atoms with Gasteiger partial charge in [-0.15, -0.1) is 0 Å². The smallest absolute Gasteiger partial charge is 0.250 e. The van der Waals surface area contributed by atoms with Gasteiger partial charge in [0.25, 0.3) is 0 Å². The maximum Gasteiger partial charge on any atom is 0.250 e. The minimum absolute atomic E-state index is 0.00239. The Hall–Kier alpha value is -2.08. The number of rotatable bonds is 3. The second kappa shape index (κ2) is 5.73. The van der Waals surface area contributed by atoms with Crippen LogP contribution in [0.25, 0.3) is 0 Å². The average Bonchev–Trinajstić information content (AvgIpc) is 2.51. The number of benzene rings is 1. The Labute approximate surface area is 124 Å². The van der Waals surface area contributed by atoms with E-state index < -0.39 is 5.41 Å². The normalized spacial score (nSPS) is 16.8. The first-order valence-corrected chi connectivity index (χ1v) is 6.69. The van der Waals surface area contributed by atoms with E-state index in [0.717, 1.165) is 0 Å². The van der Waals surface area contributed by atoms with Gasteiger partial charge in [0, 0.05) is 25.9 Å². The van der Waals surface area contributed by atoms with E-state index in [1.54, 1.807) is 30.1 Å². The number of methoxy groups -OCH3 is 1. The fourth-order valence-corrected chi connectivity index (χ4v) is 2.20. The molecule has 1 aliphatic heterocycles. The number of ether oxygens (including phenoxy) is 2. The van der Waals surface area contributed by atoms with Crippen LogP contribution in [0.1, 0.15) is 13.8 Å². The monoisotopic (exact) mass is 292 g/mol. The summed E-state index contributed by atoms with van der Waals surface area (Å²) in [4.78, 5) is 25.4. The molecule has 1 N–H and O–H groups in total. The second-order valence-electron chi connectivity index (χ2n) is 5.70. The van der Waals surface area contributed by atoms with E-state index in [0.29, 0.717) is 23.7 Å². The highest BCUT2D eigenvalue weighted by Gasteiger charge is 2.36. The van der Waals surface area contributed by atoms with Crippen molar-refractivity contribution in [2.75, 3.05) is 37.6 Å². The number of nitrogens with one attached hydrogen (secondary N) is 1. The summed E-state index contributed by atoms with van der Waals surface area (Å²) in [6.07, 6.45) is 0. The predicted octanol–water partition coefficient (Wildman–Crippen LogP) is 1.65. The highest BCUT2D eigenvalue weighted by atomic mass is 16.5. The van der Waals surface area contributed by atoms with Crippen molar-refractivity contribution in [3.05, 3.63) is 18.2 Å². The quantitative estimate of drug-likeness (QED) is 0.920. The number of hydrogen-bond acceptors (Lipinski definition) is 4. The molecule has 2 rings (SSSR count). The summed E-state index contributed by atoms with van der Waals surface area (Å²) < 4.78 is 10.5. The zero-order valence-corrected chi connectivity index (χ0v) is 12.7. The number of carbonyl (C=O) groups excluding carboxylic acids is 2. The molecule has 0 saturated heterocycles. The van der Waals surface area contributed by atoms with Gasteiger partial charge in [0.15, 0.2) is 0 Å². The summed E-state index contributed by atoms with van der Waals surface area (Å²) in [7, 11) is 3.18. The molecule has 114 valence electrons. The number of amides is 2. The fourth-order valence-electron chi connectivity index (χ4n) is 2.20. The van der Waals surface area contributed by atoms with Gasteiger partial charge in [-0.2, -0.15) is 0 Å². The van der Waals surface area contributed by atoms with Gasteiger partial charge in [-0.05, 0) is 26.0 Å². The average molecular weight is 292 g/mol. The van der Waals surface area contributed by atoms with Crippen LogP contribution in [0.3, 0.4) is 0 Å². The molecule has 6 nitrogen and oxygen atoms in total. The lowest BCUT2D eigenvalue weighted by Gasteiger charge is -2.24. The molecule has 21 heavy (non-hydrogen) atoms. The summed E-state index contributed by atoms with van der Waals surface area (Å²) in [5, 5.41) is 2.71. The third-order valence-electron chi connectivity index (χ3n) is 3.35. The van der Waals surface area contributed by atoms with Crippen molar-refractivity contribution < 1.29 is 19.1 Å².